The van der Waals surface area contributed by atoms with Gasteiger partial charge in [0.1, 0.15) is 4.83 Å². The molecule has 4 rings (SSSR count). The van der Waals surface area contributed by atoms with Gasteiger partial charge in [0.15, 0.2) is 5.60 Å². The molecule has 0 saturated carbocycles. The molecule has 0 aliphatic heterocycles. The lowest BCUT2D eigenvalue weighted by molar-refractivity contribution is -0.168. The molecular formula is C26H31NO4S. The SMILES string of the molecule is CCCC(OCC)(C(=O)O)c1c(-c2ccc(C)cc2)c2c3c(sc2n(C)c1=O)CCCC3. The van der Waals surface area contributed by atoms with Crippen molar-refractivity contribution in [3.63, 3.8) is 0 Å². The van der Waals surface area contributed by atoms with Crippen LogP contribution in [0.5, 0.6) is 0 Å². The second kappa shape index (κ2) is 8.83. The topological polar surface area (TPSA) is 68.5 Å². The summed E-state index contributed by atoms with van der Waals surface area (Å²) in [5, 5.41) is 11.5. The van der Waals surface area contributed by atoms with E-state index in [0.717, 1.165) is 52.6 Å². The van der Waals surface area contributed by atoms with E-state index >= 15 is 0 Å². The van der Waals surface area contributed by atoms with Crippen LogP contribution >= 0.6 is 11.3 Å². The van der Waals surface area contributed by atoms with Crippen LogP contribution in [0, 0.1) is 6.92 Å². The summed E-state index contributed by atoms with van der Waals surface area (Å²) in [5.41, 5.74) is 2.31. The number of fused-ring (bicyclic) bond motifs is 3. The van der Waals surface area contributed by atoms with Gasteiger partial charge in [-0.2, -0.15) is 0 Å². The van der Waals surface area contributed by atoms with Gasteiger partial charge in [0.2, 0.25) is 0 Å². The van der Waals surface area contributed by atoms with Crippen molar-refractivity contribution in [3.05, 3.63) is 56.2 Å². The number of pyridine rings is 1. The Bertz CT molecular complexity index is 1210. The molecule has 5 nitrogen and oxygen atoms in total. The molecule has 1 aromatic carbocycles. The van der Waals surface area contributed by atoms with Crippen LogP contribution in [0.3, 0.4) is 0 Å². The number of carbonyl (C=O) groups is 1. The monoisotopic (exact) mass is 453 g/mol. The Balaban J connectivity index is 2.23. The van der Waals surface area contributed by atoms with Crippen LogP contribution in [-0.2, 0) is 35.0 Å². The largest absolute Gasteiger partial charge is 0.479 e. The lowest BCUT2D eigenvalue weighted by atomic mass is 9.81. The highest BCUT2D eigenvalue weighted by Gasteiger charge is 2.46. The number of aliphatic carboxylic acids is 1. The smallest absolute Gasteiger partial charge is 0.340 e. The van der Waals surface area contributed by atoms with Gasteiger partial charge in [-0.25, -0.2) is 4.79 Å². The number of carboxylic acid groups (broad SMARTS) is 1. The molecule has 2 aromatic heterocycles. The number of rotatable bonds is 7. The van der Waals surface area contributed by atoms with Crippen molar-refractivity contribution in [2.45, 2.75) is 64.9 Å². The molecule has 0 amide bonds. The Morgan fingerprint density at radius 1 is 1.19 bits per heavy atom. The predicted molar refractivity (Wildman–Crippen MR) is 130 cm³/mol. The van der Waals surface area contributed by atoms with Gasteiger partial charge in [0.25, 0.3) is 5.56 Å². The van der Waals surface area contributed by atoms with Crippen LogP contribution in [0.15, 0.2) is 29.1 Å². The molecular weight excluding hydrogens is 422 g/mol. The Labute approximate surface area is 192 Å². The Morgan fingerprint density at radius 2 is 1.88 bits per heavy atom. The quantitative estimate of drug-likeness (QED) is 0.508. The van der Waals surface area contributed by atoms with Gasteiger partial charge < -0.3 is 14.4 Å². The van der Waals surface area contributed by atoms with Gasteiger partial charge >= 0.3 is 5.97 Å². The van der Waals surface area contributed by atoms with Gasteiger partial charge in [-0.3, -0.25) is 4.79 Å². The van der Waals surface area contributed by atoms with Crippen LogP contribution in [0.4, 0.5) is 0 Å². The highest BCUT2D eigenvalue weighted by Crippen LogP contribution is 2.45. The van der Waals surface area contributed by atoms with E-state index in [1.165, 1.54) is 10.4 Å². The second-order valence-corrected chi connectivity index (χ2v) is 9.77. The van der Waals surface area contributed by atoms with E-state index in [4.69, 9.17) is 4.74 Å². The van der Waals surface area contributed by atoms with E-state index in [1.54, 1.807) is 29.9 Å². The standard InChI is InChI=1S/C26H31NO4S/c1-5-15-26(25(29)30,31-6-2)22-20(17-13-11-16(3)12-14-17)21-18-9-7-8-10-19(18)32-24(21)27(4)23(22)28/h11-14H,5-10,15H2,1-4H3,(H,29,30). The molecule has 0 spiro atoms. The Morgan fingerprint density at radius 3 is 2.50 bits per heavy atom. The van der Waals surface area contributed by atoms with Crippen molar-refractivity contribution < 1.29 is 14.6 Å². The van der Waals surface area contributed by atoms with E-state index in [-0.39, 0.29) is 24.2 Å². The molecule has 0 saturated heterocycles. The van der Waals surface area contributed by atoms with Crippen molar-refractivity contribution >= 4 is 27.5 Å². The third kappa shape index (κ3) is 3.50. The van der Waals surface area contributed by atoms with Crippen molar-refractivity contribution in [1.82, 2.24) is 4.57 Å². The summed E-state index contributed by atoms with van der Waals surface area (Å²) >= 11 is 1.68. The number of thiophene rings is 1. The molecule has 170 valence electrons. The summed E-state index contributed by atoms with van der Waals surface area (Å²) in [5.74, 6) is -1.10. The highest BCUT2D eigenvalue weighted by atomic mass is 32.1. The first kappa shape index (κ1) is 22.7. The predicted octanol–water partition coefficient (Wildman–Crippen LogP) is 5.57. The number of aromatic nitrogens is 1. The van der Waals surface area contributed by atoms with Crippen molar-refractivity contribution in [1.29, 1.82) is 0 Å². The van der Waals surface area contributed by atoms with E-state index in [9.17, 15) is 14.7 Å². The molecule has 32 heavy (non-hydrogen) atoms. The normalized spacial score (nSPS) is 15.5. The first-order valence-corrected chi connectivity index (χ1v) is 12.3. The fourth-order valence-electron chi connectivity index (χ4n) is 5.06. The van der Waals surface area contributed by atoms with E-state index in [1.807, 2.05) is 38.1 Å². The van der Waals surface area contributed by atoms with E-state index in [2.05, 4.69) is 0 Å². The molecule has 6 heteroatoms. The fourth-order valence-corrected chi connectivity index (χ4v) is 6.42. The highest BCUT2D eigenvalue weighted by molar-refractivity contribution is 7.19. The summed E-state index contributed by atoms with van der Waals surface area (Å²) < 4.78 is 7.65. The molecule has 1 aliphatic carbocycles. The Hall–Kier alpha value is -2.44. The molecule has 0 radical (unpaired) electrons. The third-order valence-corrected chi connectivity index (χ3v) is 7.93. The third-order valence-electron chi connectivity index (χ3n) is 6.56. The van der Waals surface area contributed by atoms with Crippen LogP contribution < -0.4 is 5.56 Å². The lowest BCUT2D eigenvalue weighted by Gasteiger charge is -2.31. The number of nitrogens with zero attached hydrogens (tertiary/aromatic N) is 1. The first-order valence-electron chi connectivity index (χ1n) is 11.5. The first-order chi connectivity index (χ1) is 15.4. The average molecular weight is 454 g/mol. The summed E-state index contributed by atoms with van der Waals surface area (Å²) in [6.07, 6.45) is 5.04. The van der Waals surface area contributed by atoms with E-state index < -0.39 is 11.6 Å². The van der Waals surface area contributed by atoms with Gasteiger partial charge in [-0.1, -0.05) is 43.2 Å². The van der Waals surface area contributed by atoms with Crippen molar-refractivity contribution in [2.24, 2.45) is 7.05 Å². The van der Waals surface area contributed by atoms with Gasteiger partial charge in [-0.05, 0) is 57.1 Å². The lowest BCUT2D eigenvalue weighted by Crippen LogP contribution is -2.45. The molecule has 0 fully saturated rings. The molecule has 1 unspecified atom stereocenters. The second-order valence-electron chi connectivity index (χ2n) is 8.69. The van der Waals surface area contributed by atoms with E-state index in [0.29, 0.717) is 6.42 Å². The summed E-state index contributed by atoms with van der Waals surface area (Å²) in [7, 11) is 1.76. The maximum absolute atomic E-state index is 13.9. The average Bonchev–Trinajstić information content (AvgIpc) is 3.16. The number of ether oxygens (including phenoxy) is 1. The van der Waals surface area contributed by atoms with Crippen LogP contribution in [-0.4, -0.2) is 22.2 Å². The number of benzene rings is 1. The molecule has 0 bridgehead atoms. The zero-order valence-electron chi connectivity index (χ0n) is 19.3. The minimum Gasteiger partial charge on any atom is -0.479 e. The van der Waals surface area contributed by atoms with Crippen molar-refractivity contribution in [3.8, 4) is 11.1 Å². The molecule has 1 aliphatic rings. The van der Waals surface area contributed by atoms with Crippen LogP contribution in [0.2, 0.25) is 0 Å². The molecule has 2 heterocycles. The molecule has 1 atom stereocenters. The summed E-state index contributed by atoms with van der Waals surface area (Å²) in [6.45, 7) is 5.95. The molecule has 1 N–H and O–H groups in total. The number of carboxylic acids is 1. The maximum atomic E-state index is 13.9. The van der Waals surface area contributed by atoms with Gasteiger partial charge in [0, 0.05) is 29.5 Å². The zero-order valence-corrected chi connectivity index (χ0v) is 20.1. The summed E-state index contributed by atoms with van der Waals surface area (Å²) in [4.78, 5) is 28.9. The summed E-state index contributed by atoms with van der Waals surface area (Å²) in [6, 6.07) is 8.04. The van der Waals surface area contributed by atoms with Crippen molar-refractivity contribution in [2.75, 3.05) is 6.61 Å². The zero-order chi connectivity index (χ0) is 23.0. The number of hydrogen-bond donors (Lipinski definition) is 1. The number of aryl methyl sites for hydroxylation is 4. The van der Waals surface area contributed by atoms with Crippen LogP contribution in [0.25, 0.3) is 21.3 Å². The van der Waals surface area contributed by atoms with Gasteiger partial charge in [-0.15, -0.1) is 11.3 Å². The van der Waals surface area contributed by atoms with Gasteiger partial charge in [0.05, 0.1) is 5.56 Å². The molecule has 3 aromatic rings. The fraction of sp³-hybridized carbons (Fsp3) is 0.462. The minimum absolute atomic E-state index is 0.211. The van der Waals surface area contributed by atoms with Crippen LogP contribution in [0.1, 0.15) is 61.1 Å². The number of hydrogen-bond acceptors (Lipinski definition) is 4. The minimum atomic E-state index is -1.68. The maximum Gasteiger partial charge on any atom is 0.340 e. The Kier molecular flexibility index (Phi) is 6.28.